The van der Waals surface area contributed by atoms with Gasteiger partial charge in [-0.15, -0.1) is 0 Å². The van der Waals surface area contributed by atoms with Gasteiger partial charge < -0.3 is 4.98 Å². The molecule has 2 rings (SSSR count). The summed E-state index contributed by atoms with van der Waals surface area (Å²) in [5.74, 6) is 0. The molecule has 0 atom stereocenters. The van der Waals surface area contributed by atoms with E-state index < -0.39 is 0 Å². The zero-order valence-corrected chi connectivity index (χ0v) is 4.63. The van der Waals surface area contributed by atoms with Crippen LogP contribution in [0.1, 0.15) is 0 Å². The Morgan fingerprint density at radius 1 is 1.56 bits per heavy atom. The van der Waals surface area contributed by atoms with Crippen molar-refractivity contribution >= 4 is 11.0 Å². The van der Waals surface area contributed by atoms with E-state index in [-0.39, 0.29) is 0 Å². The van der Waals surface area contributed by atoms with Crippen molar-refractivity contribution in [3.63, 3.8) is 0 Å². The van der Waals surface area contributed by atoms with Crippen molar-refractivity contribution < 1.29 is 0 Å². The first kappa shape index (κ1) is 4.49. The van der Waals surface area contributed by atoms with Crippen LogP contribution in [0, 0.1) is 6.20 Å². The predicted octanol–water partition coefficient (Wildman–Crippen LogP) is 0.758. The highest BCUT2D eigenvalue weighted by atomic mass is 14.9. The zero-order valence-electron chi connectivity index (χ0n) is 4.63. The smallest absolute Gasteiger partial charge is 0.116 e. The van der Waals surface area contributed by atoms with Gasteiger partial charge in [0.15, 0.2) is 0 Å². The fourth-order valence-electron chi connectivity index (χ4n) is 0.733. The fourth-order valence-corrected chi connectivity index (χ4v) is 0.733. The summed E-state index contributed by atoms with van der Waals surface area (Å²) in [4.78, 5) is 10.7. The Hall–Kier alpha value is -1.38. The molecule has 43 valence electrons. The summed E-state index contributed by atoms with van der Waals surface area (Å²) in [5.41, 5.74) is 1.84. The van der Waals surface area contributed by atoms with Crippen LogP contribution in [0.2, 0.25) is 0 Å². The molecule has 9 heavy (non-hydrogen) atoms. The molecule has 1 radical (unpaired) electrons. The Balaban J connectivity index is 2.95. The SMILES string of the molecule is [c]1cc2ncncc2[nH]1. The number of rotatable bonds is 0. The van der Waals surface area contributed by atoms with Gasteiger partial charge in [0, 0.05) is 0 Å². The maximum atomic E-state index is 3.97. The number of hydrogen-bond donors (Lipinski definition) is 1. The van der Waals surface area contributed by atoms with E-state index in [9.17, 15) is 0 Å². The molecule has 2 aromatic rings. The molecule has 2 heterocycles. The molecule has 0 saturated carbocycles. The Labute approximate surface area is 51.8 Å². The number of aromatic amines is 1. The molecule has 0 aliphatic rings. The van der Waals surface area contributed by atoms with Crippen molar-refractivity contribution in [1.82, 2.24) is 15.0 Å². The van der Waals surface area contributed by atoms with E-state index in [0.29, 0.717) is 0 Å². The lowest BCUT2D eigenvalue weighted by molar-refractivity contribution is 1.22. The molecular weight excluding hydrogens is 114 g/mol. The third-order valence-corrected chi connectivity index (χ3v) is 1.16. The summed E-state index contributed by atoms with van der Waals surface area (Å²) in [5, 5.41) is 0. The lowest BCUT2D eigenvalue weighted by atomic mass is 10.5. The first-order chi connectivity index (χ1) is 4.47. The van der Waals surface area contributed by atoms with Crippen LogP contribution >= 0.6 is 0 Å². The molecule has 0 amide bonds. The molecule has 2 aromatic heterocycles. The molecule has 3 nitrogen and oxygen atoms in total. The van der Waals surface area contributed by atoms with Gasteiger partial charge in [-0.2, -0.15) is 0 Å². The highest BCUT2D eigenvalue weighted by molar-refractivity contribution is 5.72. The van der Waals surface area contributed by atoms with Gasteiger partial charge in [0.2, 0.25) is 0 Å². The van der Waals surface area contributed by atoms with E-state index in [0.717, 1.165) is 11.0 Å². The number of nitrogens with one attached hydrogen (secondary N) is 1. The molecule has 0 aliphatic carbocycles. The molecule has 0 fully saturated rings. The first-order valence-electron chi connectivity index (χ1n) is 2.61. The van der Waals surface area contributed by atoms with E-state index in [2.05, 4.69) is 21.1 Å². The minimum Gasteiger partial charge on any atom is -0.351 e. The van der Waals surface area contributed by atoms with Gasteiger partial charge in [0.05, 0.1) is 23.4 Å². The zero-order chi connectivity index (χ0) is 6.10. The maximum Gasteiger partial charge on any atom is 0.116 e. The molecule has 1 N–H and O–H groups in total. The van der Waals surface area contributed by atoms with Crippen molar-refractivity contribution in [1.29, 1.82) is 0 Å². The highest BCUT2D eigenvalue weighted by Crippen LogP contribution is 2.03. The monoisotopic (exact) mass is 118 g/mol. The third kappa shape index (κ3) is 0.579. The van der Waals surface area contributed by atoms with Gasteiger partial charge in [0.25, 0.3) is 0 Å². The van der Waals surface area contributed by atoms with E-state index in [1.807, 2.05) is 0 Å². The minimum atomic E-state index is 0.907. The molecule has 0 saturated heterocycles. The van der Waals surface area contributed by atoms with Crippen LogP contribution in [0.25, 0.3) is 11.0 Å². The second-order valence-corrected chi connectivity index (χ2v) is 1.74. The summed E-state index contributed by atoms with van der Waals surface area (Å²) < 4.78 is 0. The molecule has 0 unspecified atom stereocenters. The molecule has 0 spiro atoms. The topological polar surface area (TPSA) is 41.6 Å². The number of nitrogens with zero attached hydrogens (tertiary/aromatic N) is 2. The number of H-pyrrole nitrogens is 1. The summed E-state index contributed by atoms with van der Waals surface area (Å²) in [6.45, 7) is 0. The fraction of sp³-hybridized carbons (Fsp3) is 0. The lowest BCUT2D eigenvalue weighted by Crippen LogP contribution is -1.74. The molecule has 0 aromatic carbocycles. The van der Waals surface area contributed by atoms with Gasteiger partial charge >= 0.3 is 0 Å². The largest absolute Gasteiger partial charge is 0.351 e. The summed E-state index contributed by atoms with van der Waals surface area (Å²) >= 11 is 0. The molecule has 3 heteroatoms. The molecular formula is C6H4N3. The van der Waals surface area contributed by atoms with Crippen LogP contribution in [-0.4, -0.2) is 15.0 Å². The molecule has 0 bridgehead atoms. The maximum absolute atomic E-state index is 3.97. The summed E-state index contributed by atoms with van der Waals surface area (Å²) in [7, 11) is 0. The quantitative estimate of drug-likeness (QED) is 0.554. The summed E-state index contributed by atoms with van der Waals surface area (Å²) in [6.07, 6.45) is 6.05. The van der Waals surface area contributed by atoms with E-state index >= 15 is 0 Å². The van der Waals surface area contributed by atoms with Crippen LogP contribution in [0.3, 0.4) is 0 Å². The lowest BCUT2D eigenvalue weighted by Gasteiger charge is -1.81. The van der Waals surface area contributed by atoms with Gasteiger partial charge in [-0.25, -0.2) is 9.97 Å². The Kier molecular flexibility index (Phi) is 0.773. The van der Waals surface area contributed by atoms with E-state index in [4.69, 9.17) is 0 Å². The molecule has 0 aliphatic heterocycles. The van der Waals surface area contributed by atoms with E-state index in [1.54, 1.807) is 12.3 Å². The van der Waals surface area contributed by atoms with Crippen LogP contribution in [0.15, 0.2) is 18.6 Å². The normalized spacial score (nSPS) is 10.2. The predicted molar refractivity (Wildman–Crippen MR) is 32.7 cm³/mol. The van der Waals surface area contributed by atoms with Gasteiger partial charge in [-0.1, -0.05) is 0 Å². The third-order valence-electron chi connectivity index (χ3n) is 1.16. The standard InChI is InChI=1S/C6H4N3/c1-2-8-6-3-7-4-9-5(1)6/h1,3-4,8H. The Bertz CT molecular complexity index is 282. The first-order valence-corrected chi connectivity index (χ1v) is 2.61. The van der Waals surface area contributed by atoms with Crippen LogP contribution in [0.4, 0.5) is 0 Å². The second kappa shape index (κ2) is 1.55. The van der Waals surface area contributed by atoms with E-state index in [1.165, 1.54) is 6.33 Å². The van der Waals surface area contributed by atoms with Gasteiger partial charge in [-0.3, -0.25) is 0 Å². The van der Waals surface area contributed by atoms with Crippen molar-refractivity contribution in [2.75, 3.05) is 0 Å². The average molecular weight is 118 g/mol. The number of aromatic nitrogens is 3. The Morgan fingerprint density at radius 3 is 3.44 bits per heavy atom. The van der Waals surface area contributed by atoms with Crippen LogP contribution < -0.4 is 0 Å². The van der Waals surface area contributed by atoms with Crippen molar-refractivity contribution in [3.05, 3.63) is 24.8 Å². The average Bonchev–Trinajstić information content (AvgIpc) is 2.33. The summed E-state index contributed by atoms with van der Waals surface area (Å²) in [6, 6.07) is 1.79. The van der Waals surface area contributed by atoms with Crippen molar-refractivity contribution in [2.45, 2.75) is 0 Å². The van der Waals surface area contributed by atoms with Crippen molar-refractivity contribution in [2.24, 2.45) is 0 Å². The highest BCUT2D eigenvalue weighted by Gasteiger charge is 1.89. The second-order valence-electron chi connectivity index (χ2n) is 1.74. The van der Waals surface area contributed by atoms with Gasteiger partial charge in [-0.05, 0) is 6.07 Å². The number of hydrogen-bond acceptors (Lipinski definition) is 2. The Morgan fingerprint density at radius 2 is 2.56 bits per heavy atom. The number of fused-ring (bicyclic) bond motifs is 1. The van der Waals surface area contributed by atoms with Crippen LogP contribution in [0.5, 0.6) is 0 Å². The van der Waals surface area contributed by atoms with Gasteiger partial charge in [0.1, 0.15) is 6.33 Å². The van der Waals surface area contributed by atoms with Crippen LogP contribution in [-0.2, 0) is 0 Å². The minimum absolute atomic E-state index is 0.907. The van der Waals surface area contributed by atoms with Crippen molar-refractivity contribution in [3.8, 4) is 0 Å².